The Balaban J connectivity index is 1.35. The lowest BCUT2D eigenvalue weighted by molar-refractivity contribution is -0.116. The number of nitrogens with one attached hydrogen (secondary N) is 2. The predicted molar refractivity (Wildman–Crippen MR) is 109 cm³/mol. The number of carbonyl (C=O) groups excluding carboxylic acids is 1. The molecule has 1 amide bonds. The molecule has 4 rings (SSSR count). The average Bonchev–Trinajstić information content (AvgIpc) is 3.20. The van der Waals surface area contributed by atoms with E-state index >= 15 is 0 Å². The highest BCUT2D eigenvalue weighted by Gasteiger charge is 2.12. The summed E-state index contributed by atoms with van der Waals surface area (Å²) in [5, 5.41) is 3.70. The van der Waals surface area contributed by atoms with Crippen LogP contribution in [0.1, 0.15) is 11.1 Å². The lowest BCUT2D eigenvalue weighted by Crippen LogP contribution is -2.25. The van der Waals surface area contributed by atoms with Gasteiger partial charge in [0, 0.05) is 24.3 Å². The average molecular weight is 392 g/mol. The van der Waals surface area contributed by atoms with Gasteiger partial charge in [-0.15, -0.1) is 0 Å². The fourth-order valence-corrected chi connectivity index (χ4v) is 3.11. The number of amides is 1. The summed E-state index contributed by atoms with van der Waals surface area (Å²) in [6, 6.07) is 12.8. The number of hydrogen-bond acceptors (Lipinski definition) is 5. The van der Waals surface area contributed by atoms with Crippen LogP contribution in [0.4, 0.5) is 0 Å². The molecule has 148 valence electrons. The highest BCUT2D eigenvalue weighted by Crippen LogP contribution is 2.32. The van der Waals surface area contributed by atoms with Crippen molar-refractivity contribution in [3.63, 3.8) is 0 Å². The van der Waals surface area contributed by atoms with Crippen molar-refractivity contribution in [3.8, 4) is 17.2 Å². The van der Waals surface area contributed by atoms with Gasteiger partial charge in [-0.3, -0.25) is 9.59 Å². The zero-order valence-corrected chi connectivity index (χ0v) is 15.9. The molecule has 0 aliphatic carbocycles. The fourth-order valence-electron chi connectivity index (χ4n) is 3.11. The summed E-state index contributed by atoms with van der Waals surface area (Å²) in [5.41, 5.74) is 2.00. The molecule has 0 radical (unpaired) electrons. The van der Waals surface area contributed by atoms with Gasteiger partial charge in [-0.25, -0.2) is 0 Å². The van der Waals surface area contributed by atoms with Crippen LogP contribution >= 0.6 is 0 Å². The van der Waals surface area contributed by atoms with Gasteiger partial charge in [0.1, 0.15) is 5.75 Å². The zero-order chi connectivity index (χ0) is 20.2. The second-order valence-corrected chi connectivity index (χ2v) is 6.56. The zero-order valence-electron chi connectivity index (χ0n) is 15.9. The topological polar surface area (TPSA) is 89.7 Å². The molecule has 0 unspecified atom stereocenters. The molecule has 0 saturated heterocycles. The van der Waals surface area contributed by atoms with Crippen LogP contribution in [0.15, 0.2) is 53.3 Å². The molecule has 0 fully saturated rings. The minimum atomic E-state index is -0.232. The van der Waals surface area contributed by atoms with Crippen molar-refractivity contribution in [2.24, 2.45) is 0 Å². The summed E-state index contributed by atoms with van der Waals surface area (Å²) >= 11 is 0. The Morgan fingerprint density at radius 2 is 2.03 bits per heavy atom. The van der Waals surface area contributed by atoms with Crippen molar-refractivity contribution >= 4 is 22.9 Å². The number of carbonyl (C=O) groups is 1. The highest BCUT2D eigenvalue weighted by atomic mass is 16.7. The molecule has 0 saturated carbocycles. The SMILES string of the molecule is COc1ccc2cc(CCNC(=O)/C=C/c3ccc4c(c3)OCO4)c(=O)[nH]c2c1. The van der Waals surface area contributed by atoms with E-state index in [4.69, 9.17) is 14.2 Å². The molecule has 0 spiro atoms. The van der Waals surface area contributed by atoms with Gasteiger partial charge in [0.2, 0.25) is 12.7 Å². The van der Waals surface area contributed by atoms with E-state index in [9.17, 15) is 9.59 Å². The molecular formula is C22H20N2O5. The van der Waals surface area contributed by atoms with Crippen molar-refractivity contribution in [3.05, 3.63) is 70.0 Å². The van der Waals surface area contributed by atoms with Crippen LogP contribution in [-0.2, 0) is 11.2 Å². The number of aromatic nitrogens is 1. The first-order valence-electron chi connectivity index (χ1n) is 9.18. The highest BCUT2D eigenvalue weighted by molar-refractivity contribution is 5.91. The van der Waals surface area contributed by atoms with E-state index in [0.29, 0.717) is 41.3 Å². The van der Waals surface area contributed by atoms with E-state index in [1.165, 1.54) is 6.08 Å². The number of H-pyrrole nitrogens is 1. The lowest BCUT2D eigenvalue weighted by atomic mass is 10.1. The Morgan fingerprint density at radius 1 is 1.17 bits per heavy atom. The molecule has 1 aromatic heterocycles. The second-order valence-electron chi connectivity index (χ2n) is 6.56. The molecule has 7 heteroatoms. The number of aromatic amines is 1. The Kier molecular flexibility index (Phi) is 5.20. The molecule has 7 nitrogen and oxygen atoms in total. The Hall–Kier alpha value is -3.74. The van der Waals surface area contributed by atoms with E-state index in [2.05, 4.69) is 10.3 Å². The van der Waals surface area contributed by atoms with E-state index in [-0.39, 0.29) is 18.3 Å². The molecule has 29 heavy (non-hydrogen) atoms. The van der Waals surface area contributed by atoms with Gasteiger partial charge in [0.25, 0.3) is 5.56 Å². The molecule has 0 atom stereocenters. The van der Waals surface area contributed by atoms with Crippen molar-refractivity contribution in [2.75, 3.05) is 20.4 Å². The number of benzene rings is 2. The van der Waals surface area contributed by atoms with Crippen molar-refractivity contribution in [1.29, 1.82) is 0 Å². The second kappa shape index (κ2) is 8.10. The summed E-state index contributed by atoms with van der Waals surface area (Å²) < 4.78 is 15.8. The first-order valence-corrected chi connectivity index (χ1v) is 9.18. The van der Waals surface area contributed by atoms with Crippen LogP contribution in [0, 0.1) is 0 Å². The first kappa shape index (κ1) is 18.6. The third-order valence-corrected chi connectivity index (χ3v) is 4.65. The maximum atomic E-state index is 12.3. The summed E-state index contributed by atoms with van der Waals surface area (Å²) in [5.74, 6) is 1.82. The first-order chi connectivity index (χ1) is 14.1. The fraction of sp³-hybridized carbons (Fsp3) is 0.182. The van der Waals surface area contributed by atoms with Crippen LogP contribution in [0.5, 0.6) is 17.2 Å². The van der Waals surface area contributed by atoms with Crippen LogP contribution in [0.3, 0.4) is 0 Å². The number of pyridine rings is 1. The van der Waals surface area contributed by atoms with Gasteiger partial charge in [-0.1, -0.05) is 6.07 Å². The van der Waals surface area contributed by atoms with Crippen molar-refractivity contribution in [2.45, 2.75) is 6.42 Å². The maximum Gasteiger partial charge on any atom is 0.251 e. The number of ether oxygens (including phenoxy) is 3. The molecule has 0 bridgehead atoms. The van der Waals surface area contributed by atoms with Gasteiger partial charge in [0.05, 0.1) is 12.6 Å². The van der Waals surface area contributed by atoms with Gasteiger partial charge >= 0.3 is 0 Å². The third kappa shape index (κ3) is 4.24. The van der Waals surface area contributed by atoms with Crippen molar-refractivity contribution in [1.82, 2.24) is 10.3 Å². The molecular weight excluding hydrogens is 372 g/mol. The predicted octanol–water partition coefficient (Wildman–Crippen LogP) is 2.64. The van der Waals surface area contributed by atoms with Crippen LogP contribution < -0.4 is 25.1 Å². The van der Waals surface area contributed by atoms with Gasteiger partial charge in [0.15, 0.2) is 11.5 Å². The minimum Gasteiger partial charge on any atom is -0.497 e. The Morgan fingerprint density at radius 3 is 2.90 bits per heavy atom. The monoisotopic (exact) mass is 392 g/mol. The summed E-state index contributed by atoms with van der Waals surface area (Å²) in [7, 11) is 1.58. The van der Waals surface area contributed by atoms with Crippen LogP contribution in [0.2, 0.25) is 0 Å². The Labute approximate surface area is 166 Å². The van der Waals surface area contributed by atoms with E-state index in [1.807, 2.05) is 36.4 Å². The number of hydrogen-bond donors (Lipinski definition) is 2. The maximum absolute atomic E-state index is 12.3. The normalized spacial score (nSPS) is 12.4. The van der Waals surface area contributed by atoms with E-state index < -0.39 is 0 Å². The molecule has 1 aliphatic heterocycles. The third-order valence-electron chi connectivity index (χ3n) is 4.65. The van der Waals surface area contributed by atoms with Crippen molar-refractivity contribution < 1.29 is 19.0 Å². The van der Waals surface area contributed by atoms with Crippen LogP contribution in [-0.4, -0.2) is 31.3 Å². The molecule has 2 heterocycles. The lowest BCUT2D eigenvalue weighted by Gasteiger charge is -2.06. The molecule has 1 aliphatic rings. The Bertz CT molecular complexity index is 1150. The van der Waals surface area contributed by atoms with E-state index in [0.717, 1.165) is 10.9 Å². The number of methoxy groups -OCH3 is 1. The van der Waals surface area contributed by atoms with Crippen LogP contribution in [0.25, 0.3) is 17.0 Å². The quantitative estimate of drug-likeness (QED) is 0.630. The summed E-state index contributed by atoms with van der Waals surface area (Å²) in [6.45, 7) is 0.569. The minimum absolute atomic E-state index is 0.170. The summed E-state index contributed by atoms with van der Waals surface area (Å²) in [6.07, 6.45) is 3.59. The number of rotatable bonds is 6. The van der Waals surface area contributed by atoms with Gasteiger partial charge < -0.3 is 24.5 Å². The molecule has 2 aromatic carbocycles. The molecule has 3 aromatic rings. The van der Waals surface area contributed by atoms with Gasteiger partial charge in [-0.2, -0.15) is 0 Å². The smallest absolute Gasteiger partial charge is 0.251 e. The number of fused-ring (bicyclic) bond motifs is 2. The molecule has 2 N–H and O–H groups in total. The van der Waals surface area contributed by atoms with E-state index in [1.54, 1.807) is 19.3 Å². The van der Waals surface area contributed by atoms with Gasteiger partial charge in [-0.05, 0) is 53.8 Å². The summed E-state index contributed by atoms with van der Waals surface area (Å²) in [4.78, 5) is 27.2. The largest absolute Gasteiger partial charge is 0.497 e. The standard InChI is InChI=1S/C22H20N2O5/c1-27-17-5-4-15-11-16(22(26)24-18(15)12-17)8-9-23-21(25)7-3-14-2-6-19-20(10-14)29-13-28-19/h2-7,10-12H,8-9,13H2,1H3,(H,23,25)(H,24,26)/b7-3+.